The third-order valence-electron chi connectivity index (χ3n) is 2.58. The molecule has 0 aliphatic heterocycles. The molecular weight excluding hydrogens is 180 g/mol. The number of unbranched alkanes of at least 4 members (excludes halogenated alkanes) is 7. The molecule has 0 radical (unpaired) electrons. The van der Waals surface area contributed by atoms with Crippen LogP contribution >= 0.6 is 0 Å². The molecule has 0 fully saturated rings. The van der Waals surface area contributed by atoms with Gasteiger partial charge in [0.1, 0.15) is 0 Å². The van der Waals surface area contributed by atoms with E-state index in [0.717, 1.165) is 0 Å². The van der Waals surface area contributed by atoms with E-state index >= 15 is 0 Å². The van der Waals surface area contributed by atoms with Crippen LogP contribution in [0.5, 0.6) is 0 Å². The van der Waals surface area contributed by atoms with E-state index in [9.17, 15) is 0 Å². The second-order valence-electron chi connectivity index (χ2n) is 4.20. The van der Waals surface area contributed by atoms with E-state index < -0.39 is 0 Å². The summed E-state index contributed by atoms with van der Waals surface area (Å²) in [5.74, 6) is 0. The number of allylic oxidation sites excluding steroid dienone is 4. The van der Waals surface area contributed by atoms with Gasteiger partial charge in [-0.1, -0.05) is 70.3 Å². The highest BCUT2D eigenvalue weighted by Gasteiger charge is 1.83. The van der Waals surface area contributed by atoms with Crippen LogP contribution in [0.1, 0.15) is 71.6 Å². The van der Waals surface area contributed by atoms with Crippen LogP contribution in [0, 0.1) is 0 Å². The maximum Gasteiger partial charge on any atom is -0.0348 e. The number of hydrogen-bond donors (Lipinski definition) is 0. The van der Waals surface area contributed by atoms with Crippen LogP contribution < -0.4 is 0 Å². The van der Waals surface area contributed by atoms with Gasteiger partial charge in [-0.05, 0) is 25.7 Å². The van der Waals surface area contributed by atoms with Crippen molar-refractivity contribution in [2.75, 3.05) is 0 Å². The van der Waals surface area contributed by atoms with Crippen molar-refractivity contribution in [3.05, 3.63) is 24.3 Å². The summed E-state index contributed by atoms with van der Waals surface area (Å²) in [6.45, 7) is 4.51. The minimum atomic E-state index is 1.24. The fourth-order valence-corrected chi connectivity index (χ4v) is 1.55. The highest BCUT2D eigenvalue weighted by molar-refractivity contribution is 5.02. The van der Waals surface area contributed by atoms with Crippen molar-refractivity contribution in [1.82, 2.24) is 0 Å². The molecule has 0 aromatic carbocycles. The van der Waals surface area contributed by atoms with Crippen molar-refractivity contribution < 1.29 is 0 Å². The maximum absolute atomic E-state index is 2.30. The Labute approximate surface area is 96.5 Å². The molecular formula is C15H28. The van der Waals surface area contributed by atoms with Gasteiger partial charge in [-0.2, -0.15) is 0 Å². The molecule has 88 valence electrons. The Morgan fingerprint density at radius 1 is 0.600 bits per heavy atom. The Kier molecular flexibility index (Phi) is 13.0. The van der Waals surface area contributed by atoms with Crippen LogP contribution in [0.15, 0.2) is 24.3 Å². The summed E-state index contributed by atoms with van der Waals surface area (Å²) in [5.41, 5.74) is 0. The molecule has 15 heavy (non-hydrogen) atoms. The average Bonchev–Trinajstić information content (AvgIpc) is 2.26. The van der Waals surface area contributed by atoms with Gasteiger partial charge < -0.3 is 0 Å². The zero-order valence-corrected chi connectivity index (χ0v) is 10.7. The lowest BCUT2D eigenvalue weighted by Crippen LogP contribution is -1.73. The third kappa shape index (κ3) is 13.5. The van der Waals surface area contributed by atoms with Gasteiger partial charge in [0, 0.05) is 0 Å². The fraction of sp³-hybridized carbons (Fsp3) is 0.733. The highest BCUT2D eigenvalue weighted by Crippen LogP contribution is 2.03. The predicted molar refractivity (Wildman–Crippen MR) is 71.2 cm³/mol. The Hall–Kier alpha value is -0.520. The normalized spacial score (nSPS) is 11.9. The third-order valence-corrected chi connectivity index (χ3v) is 2.58. The Balaban J connectivity index is 3.15. The Bertz CT molecular complexity index is 153. The van der Waals surface area contributed by atoms with Crippen molar-refractivity contribution in [2.24, 2.45) is 0 Å². The lowest BCUT2D eigenvalue weighted by Gasteiger charge is -1.93. The van der Waals surface area contributed by atoms with E-state index in [1.54, 1.807) is 0 Å². The average molecular weight is 208 g/mol. The first-order valence-electron chi connectivity index (χ1n) is 6.73. The second kappa shape index (κ2) is 13.5. The second-order valence-corrected chi connectivity index (χ2v) is 4.20. The van der Waals surface area contributed by atoms with Crippen LogP contribution in [-0.2, 0) is 0 Å². The van der Waals surface area contributed by atoms with Crippen LogP contribution in [-0.4, -0.2) is 0 Å². The molecule has 0 aromatic rings. The van der Waals surface area contributed by atoms with Crippen LogP contribution in [0.2, 0.25) is 0 Å². The largest absolute Gasteiger partial charge is 0.0845 e. The standard InChI is InChI=1S/C15H28/c1-3-5-7-9-11-13-15-14-12-10-8-6-4-2/h11,13-15H,3-10,12H2,1-2H3. The number of rotatable bonds is 10. The monoisotopic (exact) mass is 208 g/mol. The molecule has 0 N–H and O–H groups in total. The van der Waals surface area contributed by atoms with Gasteiger partial charge >= 0.3 is 0 Å². The first-order chi connectivity index (χ1) is 7.41. The van der Waals surface area contributed by atoms with Crippen molar-refractivity contribution in [2.45, 2.75) is 71.6 Å². The summed E-state index contributed by atoms with van der Waals surface area (Å²) in [6.07, 6.45) is 21.0. The van der Waals surface area contributed by atoms with Gasteiger partial charge in [-0.3, -0.25) is 0 Å². The summed E-state index contributed by atoms with van der Waals surface area (Å²) in [4.78, 5) is 0. The molecule has 0 aliphatic carbocycles. The Morgan fingerprint density at radius 3 is 1.60 bits per heavy atom. The van der Waals surface area contributed by atoms with Gasteiger partial charge in [-0.25, -0.2) is 0 Å². The quantitative estimate of drug-likeness (QED) is 0.321. The van der Waals surface area contributed by atoms with E-state index in [0.29, 0.717) is 0 Å². The van der Waals surface area contributed by atoms with E-state index in [-0.39, 0.29) is 0 Å². The van der Waals surface area contributed by atoms with Gasteiger partial charge in [-0.15, -0.1) is 0 Å². The first kappa shape index (κ1) is 14.5. The van der Waals surface area contributed by atoms with Crippen LogP contribution in [0.4, 0.5) is 0 Å². The lowest BCUT2D eigenvalue weighted by atomic mass is 10.1. The van der Waals surface area contributed by atoms with Crippen molar-refractivity contribution in [3.63, 3.8) is 0 Å². The minimum Gasteiger partial charge on any atom is -0.0845 e. The fourth-order valence-electron chi connectivity index (χ4n) is 1.55. The SMILES string of the molecule is CCCCCC=CC=CCCCCCC. The van der Waals surface area contributed by atoms with Crippen molar-refractivity contribution in [1.29, 1.82) is 0 Å². The Morgan fingerprint density at radius 2 is 1.07 bits per heavy atom. The molecule has 0 nitrogen and oxygen atoms in total. The topological polar surface area (TPSA) is 0 Å². The van der Waals surface area contributed by atoms with Gasteiger partial charge in [0.2, 0.25) is 0 Å². The summed E-state index contributed by atoms with van der Waals surface area (Å²) in [5, 5.41) is 0. The highest BCUT2D eigenvalue weighted by atomic mass is 13.9. The smallest absolute Gasteiger partial charge is 0.0348 e. The van der Waals surface area contributed by atoms with E-state index in [1.165, 1.54) is 57.8 Å². The molecule has 0 aliphatic rings. The van der Waals surface area contributed by atoms with E-state index in [2.05, 4.69) is 38.2 Å². The first-order valence-corrected chi connectivity index (χ1v) is 6.73. The predicted octanol–water partition coefficient (Wildman–Crippen LogP) is 5.65. The zero-order chi connectivity index (χ0) is 11.2. The summed E-state index contributed by atoms with van der Waals surface area (Å²) < 4.78 is 0. The van der Waals surface area contributed by atoms with E-state index in [1.807, 2.05) is 0 Å². The lowest BCUT2D eigenvalue weighted by molar-refractivity contribution is 0.674. The molecule has 0 heterocycles. The molecule has 0 aromatic heterocycles. The van der Waals surface area contributed by atoms with Crippen LogP contribution in [0.3, 0.4) is 0 Å². The van der Waals surface area contributed by atoms with E-state index in [4.69, 9.17) is 0 Å². The summed E-state index contributed by atoms with van der Waals surface area (Å²) in [7, 11) is 0. The molecule has 0 unspecified atom stereocenters. The minimum absolute atomic E-state index is 1.24. The molecule has 0 saturated carbocycles. The zero-order valence-electron chi connectivity index (χ0n) is 10.7. The van der Waals surface area contributed by atoms with Crippen LogP contribution in [0.25, 0.3) is 0 Å². The van der Waals surface area contributed by atoms with Gasteiger partial charge in [0.15, 0.2) is 0 Å². The number of hydrogen-bond acceptors (Lipinski definition) is 0. The van der Waals surface area contributed by atoms with Crippen molar-refractivity contribution >= 4 is 0 Å². The molecule has 0 rings (SSSR count). The molecule has 0 saturated heterocycles. The molecule has 0 spiro atoms. The molecule has 0 bridgehead atoms. The maximum atomic E-state index is 2.30. The molecule has 0 heteroatoms. The summed E-state index contributed by atoms with van der Waals surface area (Å²) in [6, 6.07) is 0. The van der Waals surface area contributed by atoms with Crippen molar-refractivity contribution in [3.8, 4) is 0 Å². The summed E-state index contributed by atoms with van der Waals surface area (Å²) >= 11 is 0. The molecule has 0 amide bonds. The molecule has 0 atom stereocenters. The van der Waals surface area contributed by atoms with Gasteiger partial charge in [0.25, 0.3) is 0 Å². The van der Waals surface area contributed by atoms with Gasteiger partial charge in [0.05, 0.1) is 0 Å².